The Kier molecular flexibility index (Phi) is 1.96. The molecule has 5 atom stereocenters. The zero-order valence-corrected chi connectivity index (χ0v) is 8.88. The number of carbonyl (C=O) groups excluding carboxylic acids is 2. The van der Waals surface area contributed by atoms with Crippen LogP contribution in [0, 0.1) is 23.7 Å². The molecular formula is C11H13NO4. The number of nitrogens with one attached hydrogen (secondary N) is 1. The number of carbonyl (C=O) groups is 2. The van der Waals surface area contributed by atoms with E-state index in [1.807, 2.05) is 0 Å². The molecule has 5 heteroatoms. The molecule has 0 aromatic heterocycles. The lowest BCUT2D eigenvalue weighted by molar-refractivity contribution is -0.158. The summed E-state index contributed by atoms with van der Waals surface area (Å²) in [6.07, 6.45) is 3.91. The van der Waals surface area contributed by atoms with Gasteiger partial charge in [0.1, 0.15) is 0 Å². The third-order valence-corrected chi connectivity index (χ3v) is 3.77. The molecule has 5 nitrogen and oxygen atoms in total. The molecule has 0 spiro atoms. The summed E-state index contributed by atoms with van der Waals surface area (Å²) >= 11 is 0. The molecule has 0 aromatic rings. The highest BCUT2D eigenvalue weighted by Crippen LogP contribution is 2.53. The second-order valence-corrected chi connectivity index (χ2v) is 4.51. The maximum atomic E-state index is 11.7. The average molecular weight is 223 g/mol. The van der Waals surface area contributed by atoms with Gasteiger partial charge in [-0.25, -0.2) is 4.79 Å². The first-order chi connectivity index (χ1) is 7.70. The van der Waals surface area contributed by atoms with Crippen LogP contribution in [0.15, 0.2) is 12.2 Å². The highest BCUT2D eigenvalue weighted by molar-refractivity contribution is 5.77. The third kappa shape index (κ3) is 1.17. The molecule has 1 N–H and O–H groups in total. The van der Waals surface area contributed by atoms with Crippen LogP contribution in [0.25, 0.3) is 0 Å². The van der Waals surface area contributed by atoms with Crippen molar-refractivity contribution in [2.45, 2.75) is 12.7 Å². The predicted octanol–water partition coefficient (Wildman–Crippen LogP) is 0.664. The van der Waals surface area contributed by atoms with E-state index in [1.54, 1.807) is 0 Å². The standard InChI is InChI=1S/C11H13NO4/c1-12-11(14)16-10-8-6-3-2-5(4-6)7(8)9(13)15-10/h2-3,5-8,10H,4H2,1H3,(H,12,14)/t5-,6+,7+,8-,10+/m1/s1. The maximum Gasteiger partial charge on any atom is 0.409 e. The minimum atomic E-state index is -0.711. The quantitative estimate of drug-likeness (QED) is 0.524. The van der Waals surface area contributed by atoms with Crippen molar-refractivity contribution in [1.29, 1.82) is 0 Å². The number of fused-ring (bicyclic) bond motifs is 5. The number of amides is 1. The SMILES string of the molecule is CNC(=O)O[C@@H]1OC(=O)[C@@H]2[C@H]1[C@H]1C=C[C@@H]2C1. The molecular weight excluding hydrogens is 210 g/mol. The van der Waals surface area contributed by atoms with Crippen molar-refractivity contribution in [2.24, 2.45) is 23.7 Å². The zero-order valence-electron chi connectivity index (χ0n) is 8.88. The molecule has 0 radical (unpaired) electrons. The van der Waals surface area contributed by atoms with Crippen molar-refractivity contribution >= 4 is 12.1 Å². The van der Waals surface area contributed by atoms with Gasteiger partial charge in [-0.05, 0) is 18.3 Å². The number of esters is 1. The van der Waals surface area contributed by atoms with Crippen molar-refractivity contribution in [3.8, 4) is 0 Å². The Labute approximate surface area is 92.8 Å². The van der Waals surface area contributed by atoms with Gasteiger partial charge in [0.2, 0.25) is 0 Å². The number of cyclic esters (lactones) is 1. The molecule has 2 aliphatic carbocycles. The highest BCUT2D eigenvalue weighted by atomic mass is 16.7. The van der Waals surface area contributed by atoms with E-state index >= 15 is 0 Å². The summed E-state index contributed by atoms with van der Waals surface area (Å²) in [4.78, 5) is 22.8. The summed E-state index contributed by atoms with van der Waals surface area (Å²) in [5.74, 6) is 0.275. The van der Waals surface area contributed by atoms with Gasteiger partial charge >= 0.3 is 12.1 Å². The second-order valence-electron chi connectivity index (χ2n) is 4.51. The summed E-state index contributed by atoms with van der Waals surface area (Å²) in [7, 11) is 1.48. The molecule has 1 amide bonds. The number of allylic oxidation sites excluding steroid dienone is 2. The van der Waals surface area contributed by atoms with Crippen LogP contribution >= 0.6 is 0 Å². The van der Waals surface area contributed by atoms with E-state index in [-0.39, 0.29) is 23.7 Å². The summed E-state index contributed by atoms with van der Waals surface area (Å²) in [6, 6.07) is 0. The van der Waals surface area contributed by atoms with E-state index in [1.165, 1.54) is 7.05 Å². The Morgan fingerprint density at radius 1 is 1.50 bits per heavy atom. The largest absolute Gasteiger partial charge is 0.424 e. The monoisotopic (exact) mass is 223 g/mol. The lowest BCUT2D eigenvalue weighted by atomic mass is 9.85. The third-order valence-electron chi connectivity index (χ3n) is 3.77. The first-order valence-electron chi connectivity index (χ1n) is 5.48. The number of rotatable bonds is 1. The minimum absolute atomic E-state index is 0.0137. The fourth-order valence-electron chi connectivity index (χ4n) is 3.10. The number of hydrogen-bond acceptors (Lipinski definition) is 4. The molecule has 1 saturated carbocycles. The Morgan fingerprint density at radius 3 is 3.00 bits per heavy atom. The highest BCUT2D eigenvalue weighted by Gasteiger charge is 2.59. The second kappa shape index (κ2) is 3.23. The predicted molar refractivity (Wildman–Crippen MR) is 53.1 cm³/mol. The van der Waals surface area contributed by atoms with Gasteiger partial charge in [-0.2, -0.15) is 0 Å². The molecule has 3 rings (SSSR count). The van der Waals surface area contributed by atoms with Crippen LogP contribution in [0.3, 0.4) is 0 Å². The van der Waals surface area contributed by atoms with Crippen LogP contribution < -0.4 is 5.32 Å². The molecule has 2 fully saturated rings. The summed E-state index contributed by atoms with van der Waals surface area (Å²) in [6.45, 7) is 0. The van der Waals surface area contributed by atoms with E-state index in [9.17, 15) is 9.59 Å². The Bertz CT molecular complexity index is 378. The Morgan fingerprint density at radius 2 is 2.25 bits per heavy atom. The fraction of sp³-hybridized carbons (Fsp3) is 0.636. The van der Waals surface area contributed by atoms with Crippen LogP contribution in [-0.2, 0) is 14.3 Å². The van der Waals surface area contributed by atoms with Gasteiger partial charge in [-0.1, -0.05) is 12.2 Å². The van der Waals surface area contributed by atoms with Crippen LogP contribution in [0.2, 0.25) is 0 Å². The first-order valence-corrected chi connectivity index (χ1v) is 5.48. The zero-order chi connectivity index (χ0) is 11.3. The summed E-state index contributed by atoms with van der Waals surface area (Å²) in [5.41, 5.74) is 0. The van der Waals surface area contributed by atoms with Gasteiger partial charge in [0.25, 0.3) is 6.29 Å². The summed E-state index contributed by atoms with van der Waals surface area (Å²) in [5, 5.41) is 2.36. The maximum absolute atomic E-state index is 11.7. The molecule has 86 valence electrons. The molecule has 0 unspecified atom stereocenters. The van der Waals surface area contributed by atoms with E-state index in [0.717, 1.165) is 6.42 Å². The van der Waals surface area contributed by atoms with Crippen LogP contribution in [0.4, 0.5) is 4.79 Å². The summed E-state index contributed by atoms with van der Waals surface area (Å²) < 4.78 is 10.2. The van der Waals surface area contributed by atoms with Gasteiger partial charge in [-0.15, -0.1) is 0 Å². The molecule has 3 aliphatic rings. The van der Waals surface area contributed by atoms with Crippen LogP contribution in [-0.4, -0.2) is 25.4 Å². The molecule has 1 saturated heterocycles. The molecule has 1 aliphatic heterocycles. The van der Waals surface area contributed by atoms with Gasteiger partial charge < -0.3 is 14.8 Å². The van der Waals surface area contributed by atoms with E-state index in [2.05, 4.69) is 17.5 Å². The van der Waals surface area contributed by atoms with Crippen LogP contribution in [0.5, 0.6) is 0 Å². The van der Waals surface area contributed by atoms with Crippen LogP contribution in [0.1, 0.15) is 6.42 Å². The molecule has 0 aromatic carbocycles. The van der Waals surface area contributed by atoms with Crippen molar-refractivity contribution in [2.75, 3.05) is 7.05 Å². The van der Waals surface area contributed by atoms with Crippen molar-refractivity contribution in [3.63, 3.8) is 0 Å². The number of ether oxygens (including phenoxy) is 2. The van der Waals surface area contributed by atoms with Crippen molar-refractivity contribution in [1.82, 2.24) is 5.32 Å². The fourth-order valence-corrected chi connectivity index (χ4v) is 3.10. The number of alkyl carbamates (subject to hydrolysis) is 1. The molecule has 16 heavy (non-hydrogen) atoms. The van der Waals surface area contributed by atoms with E-state index in [0.29, 0.717) is 5.92 Å². The van der Waals surface area contributed by atoms with Crippen molar-refractivity contribution in [3.05, 3.63) is 12.2 Å². The molecule has 1 heterocycles. The molecule has 2 bridgehead atoms. The topological polar surface area (TPSA) is 64.6 Å². The smallest absolute Gasteiger partial charge is 0.409 e. The lowest BCUT2D eigenvalue weighted by Gasteiger charge is -2.21. The van der Waals surface area contributed by atoms with Gasteiger partial charge in [0, 0.05) is 7.05 Å². The Balaban J connectivity index is 1.80. The first kappa shape index (κ1) is 9.69. The van der Waals surface area contributed by atoms with E-state index in [4.69, 9.17) is 9.47 Å². The van der Waals surface area contributed by atoms with Gasteiger partial charge in [0.05, 0.1) is 11.8 Å². The normalized spacial score (nSPS) is 43.1. The average Bonchev–Trinajstić information content (AvgIpc) is 2.92. The van der Waals surface area contributed by atoms with Gasteiger partial charge in [-0.3, -0.25) is 4.79 Å². The van der Waals surface area contributed by atoms with Gasteiger partial charge in [0.15, 0.2) is 0 Å². The van der Waals surface area contributed by atoms with Crippen molar-refractivity contribution < 1.29 is 19.1 Å². The lowest BCUT2D eigenvalue weighted by Crippen LogP contribution is -2.32. The Hall–Kier alpha value is -1.52. The minimum Gasteiger partial charge on any atom is -0.424 e. The number of hydrogen-bond donors (Lipinski definition) is 1. The van der Waals surface area contributed by atoms with E-state index < -0.39 is 12.4 Å².